The van der Waals surface area contributed by atoms with E-state index in [9.17, 15) is 9.59 Å². The number of hydrogen-bond donors (Lipinski definition) is 1. The Bertz CT molecular complexity index is 470. The molecule has 1 N–H and O–H groups in total. The lowest BCUT2D eigenvalue weighted by Crippen LogP contribution is -2.32. The minimum Gasteiger partial charge on any atom is -0.481 e. The van der Waals surface area contributed by atoms with Crippen molar-refractivity contribution in [1.29, 1.82) is 0 Å². The molecule has 0 aromatic heterocycles. The summed E-state index contributed by atoms with van der Waals surface area (Å²) in [7, 11) is 0. The number of amides is 1. The molecular formula is C14H17NO3. The maximum atomic E-state index is 11.9. The zero-order valence-electron chi connectivity index (χ0n) is 10.4. The molecule has 1 atom stereocenters. The van der Waals surface area contributed by atoms with Crippen molar-refractivity contribution in [2.24, 2.45) is 0 Å². The van der Waals surface area contributed by atoms with Crippen LogP contribution in [0, 0.1) is 6.92 Å². The first-order valence-electron chi connectivity index (χ1n) is 6.16. The lowest BCUT2D eigenvalue weighted by atomic mass is 9.99. The van der Waals surface area contributed by atoms with Gasteiger partial charge in [0.15, 0.2) is 0 Å². The minimum absolute atomic E-state index is 0.0399. The van der Waals surface area contributed by atoms with Crippen LogP contribution in [0.1, 0.15) is 36.4 Å². The highest BCUT2D eigenvalue weighted by atomic mass is 16.4. The van der Waals surface area contributed by atoms with E-state index in [1.807, 2.05) is 31.2 Å². The largest absolute Gasteiger partial charge is 0.481 e. The van der Waals surface area contributed by atoms with Crippen molar-refractivity contribution in [3.63, 3.8) is 0 Å². The van der Waals surface area contributed by atoms with Gasteiger partial charge in [0.1, 0.15) is 6.42 Å². The third kappa shape index (κ3) is 2.53. The number of carboxylic acid groups (broad SMARTS) is 1. The van der Waals surface area contributed by atoms with E-state index in [1.165, 1.54) is 0 Å². The van der Waals surface area contributed by atoms with Gasteiger partial charge in [-0.3, -0.25) is 9.59 Å². The van der Waals surface area contributed by atoms with Crippen molar-refractivity contribution in [3.8, 4) is 0 Å². The van der Waals surface area contributed by atoms with E-state index >= 15 is 0 Å². The smallest absolute Gasteiger partial charge is 0.312 e. The maximum Gasteiger partial charge on any atom is 0.312 e. The molecule has 0 spiro atoms. The summed E-state index contributed by atoms with van der Waals surface area (Å²) < 4.78 is 0. The Kier molecular flexibility index (Phi) is 3.65. The number of carboxylic acids is 1. The molecular weight excluding hydrogens is 230 g/mol. The highest BCUT2D eigenvalue weighted by Gasteiger charge is 2.31. The molecule has 1 fully saturated rings. The monoisotopic (exact) mass is 247 g/mol. The summed E-state index contributed by atoms with van der Waals surface area (Å²) in [5.74, 6) is -1.34. The Morgan fingerprint density at radius 2 is 2.11 bits per heavy atom. The fourth-order valence-corrected chi connectivity index (χ4v) is 2.58. The number of likely N-dealkylation sites (tertiary alicyclic amines) is 1. The Morgan fingerprint density at radius 3 is 2.78 bits per heavy atom. The SMILES string of the molecule is Cc1ccccc1C1CCCN1C(=O)CC(=O)O. The zero-order chi connectivity index (χ0) is 13.1. The van der Waals surface area contributed by atoms with Crippen molar-refractivity contribution in [2.75, 3.05) is 6.54 Å². The molecule has 1 aliphatic heterocycles. The Hall–Kier alpha value is -1.84. The van der Waals surface area contributed by atoms with E-state index in [0.717, 1.165) is 24.0 Å². The third-order valence-electron chi connectivity index (χ3n) is 3.42. The van der Waals surface area contributed by atoms with Crippen molar-refractivity contribution >= 4 is 11.9 Å². The second-order valence-corrected chi connectivity index (χ2v) is 4.67. The minimum atomic E-state index is -1.06. The van der Waals surface area contributed by atoms with Gasteiger partial charge in [-0.1, -0.05) is 24.3 Å². The van der Waals surface area contributed by atoms with Crippen LogP contribution in [0.2, 0.25) is 0 Å². The molecule has 2 rings (SSSR count). The van der Waals surface area contributed by atoms with E-state index in [0.29, 0.717) is 6.54 Å². The average Bonchev–Trinajstić information content (AvgIpc) is 2.77. The number of rotatable bonds is 3. The van der Waals surface area contributed by atoms with Crippen LogP contribution in [0.4, 0.5) is 0 Å². The van der Waals surface area contributed by atoms with Gasteiger partial charge in [-0.2, -0.15) is 0 Å². The van der Waals surface area contributed by atoms with E-state index in [1.54, 1.807) is 4.90 Å². The Morgan fingerprint density at radius 1 is 1.39 bits per heavy atom. The summed E-state index contributed by atoms with van der Waals surface area (Å²) >= 11 is 0. The van der Waals surface area contributed by atoms with Gasteiger partial charge in [0.25, 0.3) is 0 Å². The van der Waals surface area contributed by atoms with Crippen LogP contribution in [0.3, 0.4) is 0 Å². The quantitative estimate of drug-likeness (QED) is 0.832. The molecule has 1 amide bonds. The van der Waals surface area contributed by atoms with E-state index < -0.39 is 12.4 Å². The van der Waals surface area contributed by atoms with Crippen LogP contribution in [0.25, 0.3) is 0 Å². The first-order chi connectivity index (χ1) is 8.59. The average molecular weight is 247 g/mol. The molecule has 96 valence electrons. The molecule has 4 heteroatoms. The van der Waals surface area contributed by atoms with E-state index in [4.69, 9.17) is 5.11 Å². The summed E-state index contributed by atoms with van der Waals surface area (Å²) in [4.78, 5) is 24.2. The van der Waals surface area contributed by atoms with Gasteiger partial charge in [0, 0.05) is 6.54 Å². The lowest BCUT2D eigenvalue weighted by molar-refractivity contribution is -0.144. The van der Waals surface area contributed by atoms with Crippen molar-refractivity contribution in [1.82, 2.24) is 4.90 Å². The fourth-order valence-electron chi connectivity index (χ4n) is 2.58. The number of benzene rings is 1. The second kappa shape index (κ2) is 5.21. The molecule has 0 radical (unpaired) electrons. The predicted octanol–water partition coefficient (Wildman–Crippen LogP) is 2.13. The summed E-state index contributed by atoms with van der Waals surface area (Å²) in [6, 6.07) is 8.01. The molecule has 1 aromatic rings. The summed E-state index contributed by atoms with van der Waals surface area (Å²) in [6.07, 6.45) is 1.43. The van der Waals surface area contributed by atoms with Gasteiger partial charge >= 0.3 is 5.97 Å². The molecule has 18 heavy (non-hydrogen) atoms. The lowest BCUT2D eigenvalue weighted by Gasteiger charge is -2.25. The molecule has 4 nitrogen and oxygen atoms in total. The predicted molar refractivity (Wildman–Crippen MR) is 67.1 cm³/mol. The Labute approximate surface area is 106 Å². The Balaban J connectivity index is 2.20. The van der Waals surface area contributed by atoms with E-state index in [-0.39, 0.29) is 11.9 Å². The molecule has 1 heterocycles. The zero-order valence-corrected chi connectivity index (χ0v) is 10.4. The third-order valence-corrected chi connectivity index (χ3v) is 3.42. The van der Waals surface area contributed by atoms with Crippen LogP contribution >= 0.6 is 0 Å². The van der Waals surface area contributed by atoms with Gasteiger partial charge in [0.05, 0.1) is 6.04 Å². The normalized spacial score (nSPS) is 18.9. The van der Waals surface area contributed by atoms with Crippen LogP contribution in [-0.4, -0.2) is 28.4 Å². The number of carbonyl (C=O) groups excluding carboxylic acids is 1. The van der Waals surface area contributed by atoms with E-state index in [2.05, 4.69) is 0 Å². The second-order valence-electron chi connectivity index (χ2n) is 4.67. The highest BCUT2D eigenvalue weighted by Crippen LogP contribution is 2.33. The topological polar surface area (TPSA) is 57.6 Å². The first kappa shape index (κ1) is 12.6. The summed E-state index contributed by atoms with van der Waals surface area (Å²) in [6.45, 7) is 2.68. The molecule has 1 saturated heterocycles. The molecule has 0 aliphatic carbocycles. The first-order valence-corrected chi connectivity index (χ1v) is 6.16. The molecule has 0 saturated carbocycles. The summed E-state index contributed by atoms with van der Waals surface area (Å²) in [5, 5.41) is 8.71. The van der Waals surface area contributed by atoms with Crippen molar-refractivity contribution < 1.29 is 14.7 Å². The van der Waals surface area contributed by atoms with Crippen LogP contribution in [-0.2, 0) is 9.59 Å². The van der Waals surface area contributed by atoms with Gasteiger partial charge < -0.3 is 10.0 Å². The molecule has 0 bridgehead atoms. The van der Waals surface area contributed by atoms with Crippen LogP contribution in [0.5, 0.6) is 0 Å². The van der Waals surface area contributed by atoms with Gasteiger partial charge in [-0.25, -0.2) is 0 Å². The maximum absolute atomic E-state index is 11.9. The van der Waals surface area contributed by atoms with Crippen LogP contribution < -0.4 is 0 Å². The number of aliphatic carboxylic acids is 1. The van der Waals surface area contributed by atoms with Gasteiger partial charge in [-0.15, -0.1) is 0 Å². The van der Waals surface area contributed by atoms with Gasteiger partial charge in [-0.05, 0) is 30.9 Å². The number of carbonyl (C=O) groups is 2. The molecule has 1 unspecified atom stereocenters. The van der Waals surface area contributed by atoms with Crippen molar-refractivity contribution in [2.45, 2.75) is 32.2 Å². The number of hydrogen-bond acceptors (Lipinski definition) is 2. The number of aryl methyl sites for hydroxylation is 1. The highest BCUT2D eigenvalue weighted by molar-refractivity contribution is 5.93. The van der Waals surface area contributed by atoms with Gasteiger partial charge in [0.2, 0.25) is 5.91 Å². The van der Waals surface area contributed by atoms with Crippen molar-refractivity contribution in [3.05, 3.63) is 35.4 Å². The number of nitrogens with zero attached hydrogens (tertiary/aromatic N) is 1. The van der Waals surface area contributed by atoms with Crippen LogP contribution in [0.15, 0.2) is 24.3 Å². The fraction of sp³-hybridized carbons (Fsp3) is 0.429. The molecule has 1 aliphatic rings. The summed E-state index contributed by atoms with van der Waals surface area (Å²) in [5.41, 5.74) is 2.28. The standard InChI is InChI=1S/C14H17NO3/c1-10-5-2-3-6-11(10)12-7-4-8-15(12)13(16)9-14(17)18/h2-3,5-6,12H,4,7-9H2,1H3,(H,17,18). The molecule has 1 aromatic carbocycles.